The maximum Gasteiger partial charge on any atom is 0.323 e. The number of carbonyl (C=O) groups is 2. The van der Waals surface area contributed by atoms with Gasteiger partial charge < -0.3 is 14.7 Å². The van der Waals surface area contributed by atoms with E-state index in [4.69, 9.17) is 9.84 Å². The van der Waals surface area contributed by atoms with E-state index in [2.05, 4.69) is 0 Å². The van der Waals surface area contributed by atoms with Crippen molar-refractivity contribution in [3.63, 3.8) is 0 Å². The Morgan fingerprint density at radius 1 is 1.24 bits per heavy atom. The largest absolute Gasteiger partial charge is 0.480 e. The van der Waals surface area contributed by atoms with Crippen molar-refractivity contribution in [3.05, 3.63) is 0 Å². The number of carboxylic acid groups (broad SMARTS) is 1. The Bertz CT molecular complexity index is 305. The number of hydrogen-bond acceptors (Lipinski definition) is 3. The molecule has 1 aliphatic rings. The molecule has 1 amide bonds. The Morgan fingerprint density at radius 3 is 2.18 bits per heavy atom. The van der Waals surface area contributed by atoms with Gasteiger partial charge in [-0.2, -0.15) is 0 Å². The van der Waals surface area contributed by atoms with Crippen LogP contribution in [0.15, 0.2) is 0 Å². The summed E-state index contributed by atoms with van der Waals surface area (Å²) in [5, 5.41) is 8.77. The molecule has 17 heavy (non-hydrogen) atoms. The molecule has 0 aliphatic carbocycles. The van der Waals surface area contributed by atoms with Crippen LogP contribution >= 0.6 is 0 Å². The topological polar surface area (TPSA) is 66.8 Å². The molecule has 0 radical (unpaired) electrons. The molecule has 0 spiro atoms. The molecule has 1 fully saturated rings. The maximum atomic E-state index is 12.3. The van der Waals surface area contributed by atoms with Crippen molar-refractivity contribution >= 4 is 11.9 Å². The van der Waals surface area contributed by atoms with Crippen molar-refractivity contribution < 1.29 is 19.4 Å². The molecule has 0 aromatic heterocycles. The van der Waals surface area contributed by atoms with Gasteiger partial charge in [0.2, 0.25) is 5.91 Å². The van der Waals surface area contributed by atoms with Gasteiger partial charge >= 0.3 is 5.97 Å². The van der Waals surface area contributed by atoms with Crippen LogP contribution < -0.4 is 0 Å². The lowest BCUT2D eigenvalue weighted by Gasteiger charge is -2.26. The molecule has 1 saturated heterocycles. The number of amides is 1. The first-order chi connectivity index (χ1) is 7.88. The molecule has 0 bridgehead atoms. The molecular formula is C12H21NO4. The molecule has 1 aliphatic heterocycles. The lowest BCUT2D eigenvalue weighted by atomic mass is 9.88. The quantitative estimate of drug-likeness (QED) is 0.799. The molecule has 4 unspecified atom stereocenters. The van der Waals surface area contributed by atoms with Crippen LogP contribution in [0.1, 0.15) is 27.7 Å². The van der Waals surface area contributed by atoms with E-state index in [1.807, 2.05) is 20.8 Å². The fourth-order valence-corrected chi connectivity index (χ4v) is 2.41. The first kappa shape index (κ1) is 14.0. The second-order valence-corrected chi connectivity index (χ2v) is 4.68. The van der Waals surface area contributed by atoms with Crippen LogP contribution in [-0.4, -0.2) is 47.2 Å². The van der Waals surface area contributed by atoms with E-state index in [1.54, 1.807) is 6.92 Å². The molecule has 5 nitrogen and oxygen atoms in total. The number of nitrogens with zero attached hydrogens (tertiary/aromatic N) is 1. The van der Waals surface area contributed by atoms with Gasteiger partial charge in [-0.3, -0.25) is 9.59 Å². The number of rotatable bonds is 4. The number of carbonyl (C=O) groups excluding carboxylic acids is 1. The zero-order valence-corrected chi connectivity index (χ0v) is 10.8. The Balaban J connectivity index is 2.77. The Kier molecular flexibility index (Phi) is 4.51. The fourth-order valence-electron chi connectivity index (χ4n) is 2.41. The van der Waals surface area contributed by atoms with Crippen LogP contribution in [-0.2, 0) is 14.3 Å². The lowest BCUT2D eigenvalue weighted by molar-refractivity contribution is -0.147. The highest BCUT2D eigenvalue weighted by Gasteiger charge is 2.43. The van der Waals surface area contributed by atoms with Crippen LogP contribution in [0, 0.1) is 11.8 Å². The van der Waals surface area contributed by atoms with Gasteiger partial charge in [0.05, 0.1) is 18.1 Å². The Labute approximate surface area is 102 Å². The van der Waals surface area contributed by atoms with Gasteiger partial charge in [-0.1, -0.05) is 6.92 Å². The fraction of sp³-hybridized carbons (Fsp3) is 0.833. The summed E-state index contributed by atoms with van der Waals surface area (Å²) < 4.78 is 5.61. The first-order valence-electron chi connectivity index (χ1n) is 6.04. The van der Waals surface area contributed by atoms with E-state index in [0.717, 1.165) is 0 Å². The summed E-state index contributed by atoms with van der Waals surface area (Å²) in [6.45, 7) is 7.76. The van der Waals surface area contributed by atoms with Gasteiger partial charge in [-0.15, -0.1) is 0 Å². The Hall–Kier alpha value is -1.10. The zero-order chi connectivity index (χ0) is 13.2. The number of aliphatic carboxylic acids is 1. The maximum absolute atomic E-state index is 12.3. The van der Waals surface area contributed by atoms with Crippen LogP contribution in [0.4, 0.5) is 0 Å². The zero-order valence-electron chi connectivity index (χ0n) is 10.8. The van der Waals surface area contributed by atoms with E-state index < -0.39 is 5.97 Å². The minimum Gasteiger partial charge on any atom is -0.480 e. The smallest absolute Gasteiger partial charge is 0.323 e. The predicted molar refractivity (Wildman–Crippen MR) is 62.6 cm³/mol. The minimum absolute atomic E-state index is 0.0440. The van der Waals surface area contributed by atoms with Crippen LogP contribution in [0.2, 0.25) is 0 Å². The van der Waals surface area contributed by atoms with Crippen LogP contribution in [0.3, 0.4) is 0 Å². The number of likely N-dealkylation sites (N-methyl/N-ethyl adjacent to an activating group) is 1. The van der Waals surface area contributed by atoms with E-state index in [-0.39, 0.29) is 36.5 Å². The van der Waals surface area contributed by atoms with Crippen molar-refractivity contribution in [2.45, 2.75) is 39.9 Å². The summed E-state index contributed by atoms with van der Waals surface area (Å²) in [5.41, 5.74) is 0. The van der Waals surface area contributed by atoms with Crippen molar-refractivity contribution in [2.75, 3.05) is 13.1 Å². The van der Waals surface area contributed by atoms with Gasteiger partial charge in [0.25, 0.3) is 0 Å². The van der Waals surface area contributed by atoms with Crippen molar-refractivity contribution in [2.24, 2.45) is 11.8 Å². The van der Waals surface area contributed by atoms with Gasteiger partial charge in [0.1, 0.15) is 6.54 Å². The molecule has 0 aromatic carbocycles. The highest BCUT2D eigenvalue weighted by molar-refractivity contribution is 5.84. The SMILES string of the molecule is CCN(CC(=O)O)C(=O)C1C(C)OC(C)C1C. The number of ether oxygens (including phenoxy) is 1. The molecule has 1 N–H and O–H groups in total. The summed E-state index contributed by atoms with van der Waals surface area (Å²) in [6.07, 6.45) is -0.0992. The van der Waals surface area contributed by atoms with E-state index in [1.165, 1.54) is 4.90 Å². The van der Waals surface area contributed by atoms with Crippen molar-refractivity contribution in [1.82, 2.24) is 4.90 Å². The lowest BCUT2D eigenvalue weighted by Crippen LogP contribution is -2.43. The summed E-state index contributed by atoms with van der Waals surface area (Å²) in [5.74, 6) is -1.20. The standard InChI is InChI=1S/C12H21NO4/c1-5-13(6-10(14)15)12(16)11-7(2)8(3)17-9(11)4/h7-9,11H,5-6H2,1-4H3,(H,14,15). The average Bonchev–Trinajstić information content (AvgIpc) is 2.48. The number of hydrogen-bond donors (Lipinski definition) is 1. The summed E-state index contributed by atoms with van der Waals surface area (Å²) >= 11 is 0. The van der Waals surface area contributed by atoms with Crippen LogP contribution in [0.5, 0.6) is 0 Å². The van der Waals surface area contributed by atoms with E-state index >= 15 is 0 Å². The average molecular weight is 243 g/mol. The van der Waals surface area contributed by atoms with Gasteiger partial charge in [0.15, 0.2) is 0 Å². The molecule has 98 valence electrons. The van der Waals surface area contributed by atoms with Crippen LogP contribution in [0.25, 0.3) is 0 Å². The van der Waals surface area contributed by atoms with Crippen molar-refractivity contribution in [3.8, 4) is 0 Å². The van der Waals surface area contributed by atoms with Crippen molar-refractivity contribution in [1.29, 1.82) is 0 Å². The van der Waals surface area contributed by atoms with Gasteiger partial charge in [-0.05, 0) is 26.7 Å². The second kappa shape index (κ2) is 5.49. The second-order valence-electron chi connectivity index (χ2n) is 4.68. The molecule has 0 saturated carbocycles. The van der Waals surface area contributed by atoms with Gasteiger partial charge in [-0.25, -0.2) is 0 Å². The predicted octanol–water partition coefficient (Wildman–Crippen LogP) is 0.979. The third kappa shape index (κ3) is 2.97. The highest BCUT2D eigenvalue weighted by Crippen LogP contribution is 2.33. The number of carboxylic acids is 1. The molecule has 4 atom stereocenters. The van der Waals surface area contributed by atoms with E-state index in [9.17, 15) is 9.59 Å². The minimum atomic E-state index is -0.979. The Morgan fingerprint density at radius 2 is 1.82 bits per heavy atom. The molecule has 5 heteroatoms. The highest BCUT2D eigenvalue weighted by atomic mass is 16.5. The molecule has 1 heterocycles. The summed E-state index contributed by atoms with van der Waals surface area (Å²) in [7, 11) is 0. The first-order valence-corrected chi connectivity index (χ1v) is 6.04. The summed E-state index contributed by atoms with van der Waals surface area (Å²) in [4.78, 5) is 24.3. The normalized spacial score (nSPS) is 32.5. The van der Waals surface area contributed by atoms with Gasteiger partial charge in [0, 0.05) is 6.54 Å². The molecule has 0 aromatic rings. The molecular weight excluding hydrogens is 222 g/mol. The molecule has 1 rings (SSSR count). The third-order valence-corrected chi connectivity index (χ3v) is 3.55. The van der Waals surface area contributed by atoms with E-state index in [0.29, 0.717) is 6.54 Å². The summed E-state index contributed by atoms with van der Waals surface area (Å²) in [6, 6.07) is 0. The monoisotopic (exact) mass is 243 g/mol. The third-order valence-electron chi connectivity index (χ3n) is 3.55.